The Morgan fingerprint density at radius 3 is 1.76 bits per heavy atom. The second-order valence-corrected chi connectivity index (χ2v) is 17.4. The Morgan fingerprint density at radius 2 is 0.968 bits per heavy atom. The van der Waals surface area contributed by atoms with Crippen molar-refractivity contribution >= 4 is 61.4 Å². The molecule has 0 saturated carbocycles. The molecule has 11 aromatic rings. The van der Waals surface area contributed by atoms with E-state index >= 15 is 0 Å². The van der Waals surface area contributed by atoms with E-state index < -0.39 is 5.41 Å². The zero-order valence-corrected chi connectivity index (χ0v) is 34.6. The number of aromatic nitrogens is 1. The Balaban J connectivity index is 1.10. The van der Waals surface area contributed by atoms with Crippen LogP contribution in [0.4, 0.5) is 17.1 Å². The summed E-state index contributed by atoms with van der Waals surface area (Å²) in [6, 6.07) is 85.3. The highest BCUT2D eigenvalue weighted by molar-refractivity contribution is 7.99. The lowest BCUT2D eigenvalue weighted by molar-refractivity contribution is 0.707. The highest BCUT2D eigenvalue weighted by Crippen LogP contribution is 2.62. The Hall–Kier alpha value is -7.59. The SMILES string of the molecule is c1ccc(-c2ccccc2-n2c3ccccc3c3ccc(N(c4ccccc4)c4ccc5c6c(cccc46)C4(c6ccccc6Sc6ccccc64)c4ccccc4-5)cc32)cc1. The number of hydrogen-bond donors (Lipinski definition) is 0. The average Bonchev–Trinajstić information content (AvgIpc) is 3.67. The lowest BCUT2D eigenvalue weighted by Crippen LogP contribution is -2.36. The van der Waals surface area contributed by atoms with E-state index in [0.717, 1.165) is 28.3 Å². The summed E-state index contributed by atoms with van der Waals surface area (Å²) in [5.74, 6) is 0. The fourth-order valence-corrected chi connectivity index (χ4v) is 12.0. The third kappa shape index (κ3) is 4.94. The molecule has 13 rings (SSSR count). The minimum Gasteiger partial charge on any atom is -0.310 e. The van der Waals surface area contributed by atoms with Gasteiger partial charge in [-0.3, -0.25) is 0 Å². The van der Waals surface area contributed by atoms with Crippen molar-refractivity contribution in [3.05, 3.63) is 253 Å². The minimum absolute atomic E-state index is 0.496. The molecule has 2 nitrogen and oxygen atoms in total. The monoisotopic (exact) mass is 806 g/mol. The van der Waals surface area contributed by atoms with Crippen molar-refractivity contribution in [2.45, 2.75) is 15.2 Å². The summed E-state index contributed by atoms with van der Waals surface area (Å²) in [7, 11) is 0. The van der Waals surface area contributed by atoms with Crippen LogP contribution in [-0.4, -0.2) is 4.57 Å². The Morgan fingerprint density at radius 1 is 0.371 bits per heavy atom. The van der Waals surface area contributed by atoms with E-state index in [4.69, 9.17) is 0 Å². The molecular weight excluding hydrogens is 769 g/mol. The van der Waals surface area contributed by atoms with Crippen LogP contribution in [0.15, 0.2) is 240 Å². The molecule has 290 valence electrons. The number of hydrogen-bond acceptors (Lipinski definition) is 2. The van der Waals surface area contributed by atoms with Gasteiger partial charge in [0.05, 0.1) is 27.8 Å². The lowest BCUT2D eigenvalue weighted by Gasteiger charge is -2.46. The Labute approximate surface area is 365 Å². The normalized spacial score (nSPS) is 13.2. The molecule has 1 spiro atoms. The number of benzene rings is 10. The maximum atomic E-state index is 2.47. The van der Waals surface area contributed by atoms with Crippen LogP contribution in [0.25, 0.3) is 60.5 Å². The smallest absolute Gasteiger partial charge is 0.0735 e. The van der Waals surface area contributed by atoms with Crippen molar-refractivity contribution < 1.29 is 0 Å². The molecule has 1 aliphatic carbocycles. The van der Waals surface area contributed by atoms with Crippen LogP contribution in [0.3, 0.4) is 0 Å². The van der Waals surface area contributed by atoms with Gasteiger partial charge >= 0.3 is 0 Å². The fraction of sp³-hybridized carbons (Fsp3) is 0.0169. The summed E-state index contributed by atoms with van der Waals surface area (Å²) < 4.78 is 2.47. The third-order valence-corrected chi connectivity index (χ3v) is 14.4. The van der Waals surface area contributed by atoms with E-state index in [-0.39, 0.29) is 0 Å². The van der Waals surface area contributed by atoms with Gasteiger partial charge in [-0.25, -0.2) is 0 Å². The second-order valence-electron chi connectivity index (χ2n) is 16.4. The summed E-state index contributed by atoms with van der Waals surface area (Å²) in [6.45, 7) is 0. The molecule has 0 radical (unpaired) electrons. The number of rotatable bonds is 5. The minimum atomic E-state index is -0.496. The van der Waals surface area contributed by atoms with Crippen molar-refractivity contribution in [2.75, 3.05) is 4.90 Å². The average molecular weight is 807 g/mol. The van der Waals surface area contributed by atoms with Gasteiger partial charge in [0.25, 0.3) is 0 Å². The van der Waals surface area contributed by atoms with Crippen molar-refractivity contribution in [1.82, 2.24) is 4.57 Å². The van der Waals surface area contributed by atoms with Crippen LogP contribution in [0.1, 0.15) is 22.3 Å². The van der Waals surface area contributed by atoms with Gasteiger partial charge < -0.3 is 9.47 Å². The molecule has 62 heavy (non-hydrogen) atoms. The quantitative estimate of drug-likeness (QED) is 0.171. The molecule has 10 aromatic carbocycles. The molecule has 0 unspecified atom stereocenters. The van der Waals surface area contributed by atoms with Crippen LogP contribution < -0.4 is 4.90 Å². The highest BCUT2D eigenvalue weighted by atomic mass is 32.2. The van der Waals surface area contributed by atoms with Crippen molar-refractivity contribution in [3.63, 3.8) is 0 Å². The van der Waals surface area contributed by atoms with Gasteiger partial charge in [0.2, 0.25) is 0 Å². The van der Waals surface area contributed by atoms with E-state index in [1.807, 2.05) is 11.8 Å². The summed E-state index contributed by atoms with van der Waals surface area (Å²) in [5.41, 5.74) is 16.7. The molecule has 3 heteroatoms. The standard InChI is InChI=1S/C59H38N2S/c1-3-18-39(19-4-1)42-22-8-13-30-52(42)61-53-31-14-9-24-44(53)45-35-34-41(38-55(45)61)60(40-20-5-2-6-21-40)54-37-36-46-43-23-7-10-26-48(43)59(51-29-17-25-47(54)58(46)51)49-27-11-15-32-56(49)62-57-33-16-12-28-50(57)59/h1-38H. The molecule has 2 aliphatic rings. The number of anilines is 3. The first-order chi connectivity index (χ1) is 30.8. The van der Waals surface area contributed by atoms with Gasteiger partial charge in [-0.15, -0.1) is 0 Å². The summed E-state index contributed by atoms with van der Waals surface area (Å²) in [4.78, 5) is 5.08. The van der Waals surface area contributed by atoms with Gasteiger partial charge in [0.1, 0.15) is 0 Å². The molecule has 0 atom stereocenters. The third-order valence-electron chi connectivity index (χ3n) is 13.2. The first-order valence-corrected chi connectivity index (χ1v) is 22.2. The van der Waals surface area contributed by atoms with E-state index in [0.29, 0.717) is 0 Å². The van der Waals surface area contributed by atoms with Crippen LogP contribution >= 0.6 is 11.8 Å². The zero-order chi connectivity index (χ0) is 40.8. The molecule has 2 heterocycles. The molecule has 0 saturated heterocycles. The highest BCUT2D eigenvalue weighted by Gasteiger charge is 2.48. The van der Waals surface area contributed by atoms with Gasteiger partial charge in [-0.05, 0) is 98.9 Å². The van der Waals surface area contributed by atoms with E-state index in [2.05, 4.69) is 240 Å². The molecule has 1 aromatic heterocycles. The zero-order valence-electron chi connectivity index (χ0n) is 33.7. The van der Waals surface area contributed by atoms with Crippen molar-refractivity contribution in [3.8, 4) is 27.9 Å². The first-order valence-electron chi connectivity index (χ1n) is 21.4. The molecule has 0 bridgehead atoms. The molecule has 0 fully saturated rings. The van der Waals surface area contributed by atoms with Gasteiger partial charge in [-0.1, -0.05) is 188 Å². The Kier molecular flexibility index (Phi) is 7.79. The lowest BCUT2D eigenvalue weighted by atomic mass is 9.59. The molecule has 0 N–H and O–H groups in total. The molecular formula is C59H38N2S. The van der Waals surface area contributed by atoms with Gasteiger partial charge in [0, 0.05) is 42.9 Å². The van der Waals surface area contributed by atoms with Crippen LogP contribution in [-0.2, 0) is 5.41 Å². The number of nitrogens with zero attached hydrogens (tertiary/aromatic N) is 2. The summed E-state index contributed by atoms with van der Waals surface area (Å²) in [5, 5.41) is 4.98. The first kappa shape index (κ1) is 35.2. The van der Waals surface area contributed by atoms with E-state index in [1.54, 1.807) is 0 Å². The van der Waals surface area contributed by atoms with Crippen molar-refractivity contribution in [1.29, 1.82) is 0 Å². The predicted molar refractivity (Wildman–Crippen MR) is 260 cm³/mol. The number of fused-ring (bicyclic) bond motifs is 11. The van der Waals surface area contributed by atoms with E-state index in [9.17, 15) is 0 Å². The van der Waals surface area contributed by atoms with E-state index in [1.165, 1.54) is 81.4 Å². The Bertz CT molecular complexity index is 3520. The molecule has 1 aliphatic heterocycles. The summed E-state index contributed by atoms with van der Waals surface area (Å²) in [6.07, 6.45) is 0. The fourth-order valence-electron chi connectivity index (χ4n) is 10.8. The number of para-hydroxylation sites is 3. The summed E-state index contributed by atoms with van der Waals surface area (Å²) >= 11 is 1.89. The van der Waals surface area contributed by atoms with Crippen LogP contribution in [0.2, 0.25) is 0 Å². The maximum Gasteiger partial charge on any atom is 0.0735 e. The predicted octanol–water partition coefficient (Wildman–Crippen LogP) is 15.9. The molecule has 0 amide bonds. The largest absolute Gasteiger partial charge is 0.310 e. The van der Waals surface area contributed by atoms with Crippen LogP contribution in [0, 0.1) is 0 Å². The van der Waals surface area contributed by atoms with Gasteiger partial charge in [-0.2, -0.15) is 0 Å². The topological polar surface area (TPSA) is 8.17 Å². The van der Waals surface area contributed by atoms with Crippen molar-refractivity contribution in [2.24, 2.45) is 0 Å². The second kappa shape index (κ2) is 13.7. The maximum absolute atomic E-state index is 2.47. The van der Waals surface area contributed by atoms with Crippen LogP contribution in [0.5, 0.6) is 0 Å². The van der Waals surface area contributed by atoms with Gasteiger partial charge in [0.15, 0.2) is 0 Å².